The third-order valence-electron chi connectivity index (χ3n) is 3.27. The third kappa shape index (κ3) is 4.28. The van der Waals surface area contributed by atoms with E-state index in [1.807, 2.05) is 25.1 Å². The van der Waals surface area contributed by atoms with E-state index >= 15 is 0 Å². The molecule has 2 rings (SSSR count). The highest BCUT2D eigenvalue weighted by Crippen LogP contribution is 2.34. The molecule has 0 saturated heterocycles. The maximum atomic E-state index is 11.8. The van der Waals surface area contributed by atoms with Crippen molar-refractivity contribution in [2.24, 2.45) is 10.9 Å². The number of para-hydroxylation sites is 1. The summed E-state index contributed by atoms with van der Waals surface area (Å²) in [6.07, 6.45) is 0. The van der Waals surface area contributed by atoms with Crippen molar-refractivity contribution < 1.29 is 4.79 Å². The number of benzene rings is 1. The lowest BCUT2D eigenvalue weighted by Gasteiger charge is -2.18. The van der Waals surface area contributed by atoms with Crippen molar-refractivity contribution in [1.82, 2.24) is 5.32 Å². The lowest BCUT2D eigenvalue weighted by atomic mass is 10.1. The van der Waals surface area contributed by atoms with E-state index in [0.29, 0.717) is 11.7 Å². The van der Waals surface area contributed by atoms with Crippen LogP contribution in [-0.2, 0) is 10.5 Å². The normalized spacial score (nSPS) is 15.5. The molecule has 1 aliphatic rings. The van der Waals surface area contributed by atoms with Crippen LogP contribution in [0.2, 0.25) is 0 Å². The van der Waals surface area contributed by atoms with Crippen LogP contribution < -0.4 is 5.32 Å². The summed E-state index contributed by atoms with van der Waals surface area (Å²) in [7, 11) is 0. The second-order valence-electron chi connectivity index (χ2n) is 5.18. The molecule has 5 heteroatoms. The van der Waals surface area contributed by atoms with Crippen LogP contribution in [0, 0.1) is 5.92 Å². The summed E-state index contributed by atoms with van der Waals surface area (Å²) < 4.78 is 0.982. The molecule has 1 heterocycles. The maximum Gasteiger partial charge on any atom is 0.230 e. The minimum atomic E-state index is 0.0818. The molecular weight excluding hydrogens is 288 g/mol. The molecule has 1 aromatic rings. The molecule has 1 atom stereocenters. The number of rotatable bonds is 4. The van der Waals surface area contributed by atoms with E-state index in [0.717, 1.165) is 15.8 Å². The first-order chi connectivity index (χ1) is 9.56. The molecule has 0 bridgehead atoms. The molecule has 0 saturated carbocycles. The van der Waals surface area contributed by atoms with E-state index in [1.165, 1.54) is 17.3 Å². The van der Waals surface area contributed by atoms with Gasteiger partial charge in [0.25, 0.3) is 0 Å². The first-order valence-electron chi connectivity index (χ1n) is 6.78. The fraction of sp³-hybridized carbons (Fsp3) is 0.467. The Morgan fingerprint density at radius 2 is 2.15 bits per heavy atom. The standard InChI is InChI=1S/C15H20N2OS2/c1-10(2)11(3)16-14(18)9-20-15-17-13-7-5-4-6-12(13)8-19-15/h4-7,10-11H,8-9H2,1-3H3,(H,16,18)/t11-/m0/s1. The summed E-state index contributed by atoms with van der Waals surface area (Å²) in [5.74, 6) is 1.91. The maximum absolute atomic E-state index is 11.8. The Labute approximate surface area is 129 Å². The molecule has 0 spiro atoms. The highest BCUT2D eigenvalue weighted by atomic mass is 32.2. The second-order valence-corrected chi connectivity index (χ2v) is 7.37. The van der Waals surface area contributed by atoms with Crippen LogP contribution in [0.3, 0.4) is 0 Å². The van der Waals surface area contributed by atoms with Crippen LogP contribution >= 0.6 is 23.5 Å². The molecule has 108 valence electrons. The van der Waals surface area contributed by atoms with Gasteiger partial charge in [-0.3, -0.25) is 4.79 Å². The van der Waals surface area contributed by atoms with Crippen LogP contribution in [0.25, 0.3) is 0 Å². The van der Waals surface area contributed by atoms with E-state index in [-0.39, 0.29) is 11.9 Å². The summed E-state index contributed by atoms with van der Waals surface area (Å²) in [4.78, 5) is 16.4. The van der Waals surface area contributed by atoms with Gasteiger partial charge in [0.1, 0.15) is 4.38 Å². The fourth-order valence-corrected chi connectivity index (χ4v) is 3.55. The van der Waals surface area contributed by atoms with Gasteiger partial charge in [0.15, 0.2) is 0 Å². The van der Waals surface area contributed by atoms with E-state index in [1.54, 1.807) is 11.8 Å². The van der Waals surface area contributed by atoms with Crippen molar-refractivity contribution in [1.29, 1.82) is 0 Å². The van der Waals surface area contributed by atoms with Gasteiger partial charge in [0.2, 0.25) is 5.91 Å². The number of thioether (sulfide) groups is 2. The largest absolute Gasteiger partial charge is 0.353 e. The number of amides is 1. The van der Waals surface area contributed by atoms with Gasteiger partial charge in [-0.15, -0.1) is 0 Å². The lowest BCUT2D eigenvalue weighted by molar-refractivity contribution is -0.119. The van der Waals surface area contributed by atoms with E-state index < -0.39 is 0 Å². The van der Waals surface area contributed by atoms with Crippen molar-refractivity contribution in [3.63, 3.8) is 0 Å². The van der Waals surface area contributed by atoms with Crippen molar-refractivity contribution in [2.45, 2.75) is 32.6 Å². The number of aliphatic imine (C=N–C) groups is 1. The number of nitrogens with one attached hydrogen (secondary N) is 1. The quantitative estimate of drug-likeness (QED) is 0.919. The van der Waals surface area contributed by atoms with Gasteiger partial charge in [0, 0.05) is 11.8 Å². The summed E-state index contributed by atoms with van der Waals surface area (Å²) in [5.41, 5.74) is 2.30. The predicted molar refractivity (Wildman–Crippen MR) is 89.7 cm³/mol. The number of hydrogen-bond donors (Lipinski definition) is 1. The van der Waals surface area contributed by atoms with Gasteiger partial charge in [-0.05, 0) is 24.5 Å². The number of hydrogen-bond acceptors (Lipinski definition) is 4. The van der Waals surface area contributed by atoms with Crippen molar-refractivity contribution in [3.05, 3.63) is 29.8 Å². The smallest absolute Gasteiger partial charge is 0.230 e. The molecule has 3 nitrogen and oxygen atoms in total. The van der Waals surface area contributed by atoms with Crippen molar-refractivity contribution in [3.8, 4) is 0 Å². The molecule has 20 heavy (non-hydrogen) atoms. The van der Waals surface area contributed by atoms with Gasteiger partial charge in [-0.25, -0.2) is 4.99 Å². The summed E-state index contributed by atoms with van der Waals surface area (Å²) in [6, 6.07) is 8.37. The molecule has 0 unspecified atom stereocenters. The molecular formula is C15H20N2OS2. The molecule has 0 aromatic heterocycles. The number of nitrogens with zero attached hydrogens (tertiary/aromatic N) is 1. The second kappa shape index (κ2) is 7.18. The van der Waals surface area contributed by atoms with Gasteiger partial charge in [0.05, 0.1) is 11.4 Å². The zero-order valence-electron chi connectivity index (χ0n) is 12.1. The van der Waals surface area contributed by atoms with Crippen LogP contribution in [0.15, 0.2) is 29.3 Å². The Morgan fingerprint density at radius 1 is 1.40 bits per heavy atom. The number of fused-ring (bicyclic) bond motifs is 1. The zero-order valence-corrected chi connectivity index (χ0v) is 13.7. The molecule has 1 N–H and O–H groups in total. The Kier molecular flexibility index (Phi) is 5.54. The Bertz CT molecular complexity index is 514. The monoisotopic (exact) mass is 308 g/mol. The Hall–Kier alpha value is -0.940. The highest BCUT2D eigenvalue weighted by Gasteiger charge is 2.15. The van der Waals surface area contributed by atoms with Crippen LogP contribution in [0.1, 0.15) is 26.3 Å². The number of carbonyl (C=O) groups is 1. The molecule has 0 aliphatic carbocycles. The van der Waals surface area contributed by atoms with Crippen LogP contribution in [0.4, 0.5) is 5.69 Å². The number of carbonyl (C=O) groups excluding carboxylic acids is 1. The van der Waals surface area contributed by atoms with Crippen molar-refractivity contribution in [2.75, 3.05) is 5.75 Å². The van der Waals surface area contributed by atoms with Crippen LogP contribution in [-0.4, -0.2) is 22.1 Å². The van der Waals surface area contributed by atoms with Gasteiger partial charge < -0.3 is 5.32 Å². The summed E-state index contributed by atoms with van der Waals surface area (Å²) in [6.45, 7) is 6.25. The average Bonchev–Trinajstić information content (AvgIpc) is 2.44. The fourth-order valence-electron chi connectivity index (χ4n) is 1.68. The summed E-state index contributed by atoms with van der Waals surface area (Å²) >= 11 is 3.23. The molecule has 1 aliphatic heterocycles. The lowest BCUT2D eigenvalue weighted by Crippen LogP contribution is -2.37. The van der Waals surface area contributed by atoms with Gasteiger partial charge in [-0.1, -0.05) is 55.6 Å². The zero-order chi connectivity index (χ0) is 14.5. The van der Waals surface area contributed by atoms with Gasteiger partial charge >= 0.3 is 0 Å². The van der Waals surface area contributed by atoms with Gasteiger partial charge in [-0.2, -0.15) is 0 Å². The minimum absolute atomic E-state index is 0.0818. The first kappa shape index (κ1) is 15.4. The van der Waals surface area contributed by atoms with Crippen LogP contribution in [0.5, 0.6) is 0 Å². The SMILES string of the molecule is CC(C)[C@H](C)NC(=O)CSC1=Nc2ccccc2CS1. The molecule has 1 aromatic carbocycles. The minimum Gasteiger partial charge on any atom is -0.353 e. The highest BCUT2D eigenvalue weighted by molar-refractivity contribution is 8.38. The molecule has 1 amide bonds. The topological polar surface area (TPSA) is 41.5 Å². The van der Waals surface area contributed by atoms with E-state index in [9.17, 15) is 4.79 Å². The third-order valence-corrected chi connectivity index (χ3v) is 5.52. The van der Waals surface area contributed by atoms with Crippen molar-refractivity contribution >= 4 is 39.5 Å². The average molecular weight is 308 g/mol. The predicted octanol–water partition coefficient (Wildman–Crippen LogP) is 3.81. The van der Waals surface area contributed by atoms with E-state index in [4.69, 9.17) is 0 Å². The summed E-state index contributed by atoms with van der Waals surface area (Å²) in [5, 5.41) is 3.01. The molecule has 0 fully saturated rings. The molecule has 0 radical (unpaired) electrons. The van der Waals surface area contributed by atoms with E-state index in [2.05, 4.69) is 30.2 Å². The Balaban J connectivity index is 1.86. The first-order valence-corrected chi connectivity index (χ1v) is 8.75. The Morgan fingerprint density at radius 3 is 2.90 bits per heavy atom.